The second-order valence-corrected chi connectivity index (χ2v) is 6.13. The van der Waals surface area contributed by atoms with E-state index < -0.39 is 27.8 Å². The van der Waals surface area contributed by atoms with Gasteiger partial charge in [-0.1, -0.05) is 0 Å². The number of aromatic nitrogens is 1. The lowest BCUT2D eigenvalue weighted by Crippen LogP contribution is -2.27. The fraction of sp³-hybridized carbons (Fsp3) is 0.455. The standard InChI is InChI=1S/C11H12FN3O3S/c1-6-7(2)14-11(9(6)4-13)15-5-8(3-10(15)16)19(12,17)18/h8,14H,3,5H2,1-2H3. The Hall–Kier alpha value is -1.88. The van der Waals surface area contributed by atoms with Gasteiger partial charge in [0, 0.05) is 18.7 Å². The van der Waals surface area contributed by atoms with Gasteiger partial charge in [0.1, 0.15) is 17.1 Å². The van der Waals surface area contributed by atoms with Gasteiger partial charge in [-0.15, -0.1) is 3.89 Å². The number of aryl methyl sites for hydroxylation is 1. The van der Waals surface area contributed by atoms with Gasteiger partial charge >= 0.3 is 10.2 Å². The molecule has 0 spiro atoms. The molecule has 1 fully saturated rings. The minimum absolute atomic E-state index is 0.244. The molecule has 1 N–H and O–H groups in total. The van der Waals surface area contributed by atoms with Crippen LogP contribution in [0.1, 0.15) is 23.2 Å². The monoisotopic (exact) mass is 285 g/mol. The maximum Gasteiger partial charge on any atom is 0.307 e. The molecule has 102 valence electrons. The number of hydrogen-bond donors (Lipinski definition) is 1. The zero-order chi connectivity index (χ0) is 14.4. The van der Waals surface area contributed by atoms with Crippen molar-refractivity contribution < 1.29 is 17.1 Å². The van der Waals surface area contributed by atoms with E-state index in [0.717, 1.165) is 4.90 Å². The van der Waals surface area contributed by atoms with Gasteiger partial charge in [-0.3, -0.25) is 9.69 Å². The molecule has 0 bridgehead atoms. The third-order valence-corrected chi connectivity index (χ3v) is 4.46. The Morgan fingerprint density at radius 1 is 1.47 bits per heavy atom. The molecule has 1 aromatic rings. The third-order valence-electron chi connectivity index (χ3n) is 3.35. The van der Waals surface area contributed by atoms with E-state index in [0.29, 0.717) is 11.3 Å². The highest BCUT2D eigenvalue weighted by atomic mass is 32.3. The minimum Gasteiger partial charge on any atom is -0.344 e. The maximum atomic E-state index is 12.9. The molecule has 1 aliphatic rings. The first-order valence-corrected chi connectivity index (χ1v) is 7.03. The van der Waals surface area contributed by atoms with Crippen molar-refractivity contribution in [3.63, 3.8) is 0 Å². The van der Waals surface area contributed by atoms with Crippen LogP contribution >= 0.6 is 0 Å². The van der Waals surface area contributed by atoms with Crippen molar-refractivity contribution in [2.45, 2.75) is 25.5 Å². The second kappa shape index (κ2) is 4.35. The van der Waals surface area contributed by atoms with Crippen molar-refractivity contribution in [2.75, 3.05) is 11.4 Å². The molecule has 0 aliphatic carbocycles. The molecule has 6 nitrogen and oxygen atoms in total. The van der Waals surface area contributed by atoms with E-state index in [-0.39, 0.29) is 17.9 Å². The molecular formula is C11H12FN3O3S. The molecule has 0 radical (unpaired) electrons. The first kappa shape index (κ1) is 13.5. The van der Waals surface area contributed by atoms with Crippen LogP contribution in [0.2, 0.25) is 0 Å². The Morgan fingerprint density at radius 3 is 2.58 bits per heavy atom. The predicted molar refractivity (Wildman–Crippen MR) is 65.8 cm³/mol. The molecular weight excluding hydrogens is 273 g/mol. The number of rotatable bonds is 2. The van der Waals surface area contributed by atoms with Crippen molar-refractivity contribution >= 4 is 21.9 Å². The predicted octanol–water partition coefficient (Wildman–Crippen LogP) is 0.908. The molecule has 2 rings (SSSR count). The molecule has 1 aliphatic heterocycles. The lowest BCUT2D eigenvalue weighted by Gasteiger charge is -2.14. The fourth-order valence-corrected chi connectivity index (χ4v) is 2.79. The number of aromatic amines is 1. The van der Waals surface area contributed by atoms with Crippen LogP contribution in [0.5, 0.6) is 0 Å². The summed E-state index contributed by atoms with van der Waals surface area (Å²) in [4.78, 5) is 15.8. The summed E-state index contributed by atoms with van der Waals surface area (Å²) in [6.07, 6.45) is -0.402. The highest BCUT2D eigenvalue weighted by Gasteiger charge is 2.40. The number of nitrogens with zero attached hydrogens (tertiary/aromatic N) is 2. The first-order chi connectivity index (χ1) is 8.75. The van der Waals surface area contributed by atoms with Crippen molar-refractivity contribution in [1.82, 2.24) is 4.98 Å². The van der Waals surface area contributed by atoms with E-state index in [1.165, 1.54) is 0 Å². The summed E-state index contributed by atoms with van der Waals surface area (Å²) >= 11 is 0. The lowest BCUT2D eigenvalue weighted by atomic mass is 10.2. The molecule has 1 saturated heterocycles. The average Bonchev–Trinajstić information content (AvgIpc) is 2.81. The number of nitrogens with one attached hydrogen (secondary N) is 1. The normalized spacial score (nSPS) is 19.8. The number of H-pyrrole nitrogens is 1. The zero-order valence-corrected chi connectivity index (χ0v) is 11.2. The molecule has 1 amide bonds. The smallest absolute Gasteiger partial charge is 0.307 e. The highest BCUT2D eigenvalue weighted by molar-refractivity contribution is 7.87. The van der Waals surface area contributed by atoms with Gasteiger partial charge in [-0.2, -0.15) is 13.7 Å². The van der Waals surface area contributed by atoms with Crippen LogP contribution in [0.3, 0.4) is 0 Å². The van der Waals surface area contributed by atoms with Crippen LogP contribution in [-0.2, 0) is 15.0 Å². The van der Waals surface area contributed by atoms with Crippen LogP contribution < -0.4 is 4.90 Å². The molecule has 1 unspecified atom stereocenters. The van der Waals surface area contributed by atoms with Crippen molar-refractivity contribution in [3.8, 4) is 6.07 Å². The zero-order valence-electron chi connectivity index (χ0n) is 10.4. The van der Waals surface area contributed by atoms with Crippen molar-refractivity contribution in [3.05, 3.63) is 16.8 Å². The van der Waals surface area contributed by atoms with Crippen molar-refractivity contribution in [2.24, 2.45) is 0 Å². The summed E-state index contributed by atoms with van der Waals surface area (Å²) in [7, 11) is -4.76. The van der Waals surface area contributed by atoms with E-state index in [4.69, 9.17) is 5.26 Å². The van der Waals surface area contributed by atoms with Gasteiger partial charge < -0.3 is 4.98 Å². The molecule has 0 saturated carbocycles. The summed E-state index contributed by atoms with van der Waals surface area (Å²) in [6.45, 7) is 3.19. The van der Waals surface area contributed by atoms with Crippen LogP contribution in [0.25, 0.3) is 0 Å². The van der Waals surface area contributed by atoms with Crippen LogP contribution in [0.15, 0.2) is 0 Å². The summed E-state index contributed by atoms with van der Waals surface area (Å²) in [5.41, 5.74) is 1.69. The molecule has 2 heterocycles. The second-order valence-electron chi connectivity index (χ2n) is 4.52. The van der Waals surface area contributed by atoms with E-state index >= 15 is 0 Å². The Labute approximate surface area is 110 Å². The highest BCUT2D eigenvalue weighted by Crippen LogP contribution is 2.30. The van der Waals surface area contributed by atoms with Gasteiger partial charge in [0.2, 0.25) is 5.91 Å². The molecule has 8 heteroatoms. The van der Waals surface area contributed by atoms with Crippen LogP contribution in [0, 0.1) is 25.2 Å². The SMILES string of the molecule is Cc1[nH]c(N2CC(S(=O)(=O)F)CC2=O)c(C#N)c1C. The van der Waals surface area contributed by atoms with Crippen LogP contribution in [-0.4, -0.2) is 31.1 Å². The largest absolute Gasteiger partial charge is 0.344 e. The van der Waals surface area contributed by atoms with Gasteiger partial charge in [-0.05, 0) is 19.4 Å². The van der Waals surface area contributed by atoms with E-state index in [9.17, 15) is 17.1 Å². The number of amides is 1. The number of anilines is 1. The van der Waals surface area contributed by atoms with E-state index in [1.54, 1.807) is 13.8 Å². The number of halogens is 1. The topological polar surface area (TPSA) is 94.0 Å². The van der Waals surface area contributed by atoms with E-state index in [1.807, 2.05) is 6.07 Å². The summed E-state index contributed by atoms with van der Waals surface area (Å²) in [5.74, 6) is -0.266. The number of hydrogen-bond acceptors (Lipinski definition) is 4. The van der Waals surface area contributed by atoms with E-state index in [2.05, 4.69) is 4.98 Å². The summed E-state index contributed by atoms with van der Waals surface area (Å²) in [6, 6.07) is 1.97. The Bertz CT molecular complexity index is 687. The van der Waals surface area contributed by atoms with Gasteiger partial charge in [-0.25, -0.2) is 0 Å². The maximum absolute atomic E-state index is 12.9. The molecule has 1 atom stereocenters. The number of carbonyl (C=O) groups excluding carboxylic acids is 1. The molecule has 1 aromatic heterocycles. The quantitative estimate of drug-likeness (QED) is 0.817. The van der Waals surface area contributed by atoms with Gasteiger partial charge in [0.15, 0.2) is 0 Å². The lowest BCUT2D eigenvalue weighted by molar-refractivity contribution is -0.117. The Kier molecular flexibility index (Phi) is 3.10. The van der Waals surface area contributed by atoms with Gasteiger partial charge in [0.25, 0.3) is 0 Å². The molecule has 0 aromatic carbocycles. The number of nitriles is 1. The van der Waals surface area contributed by atoms with Gasteiger partial charge in [0.05, 0.1) is 5.56 Å². The first-order valence-electron chi connectivity index (χ1n) is 5.58. The molecule has 19 heavy (non-hydrogen) atoms. The fourth-order valence-electron chi connectivity index (χ4n) is 2.12. The summed E-state index contributed by atoms with van der Waals surface area (Å²) in [5, 5.41) is 7.72. The Morgan fingerprint density at radius 2 is 2.11 bits per heavy atom. The third kappa shape index (κ3) is 2.21. The summed E-state index contributed by atoms with van der Waals surface area (Å²) < 4.78 is 34.7. The number of carbonyl (C=O) groups is 1. The van der Waals surface area contributed by atoms with Crippen LogP contribution in [0.4, 0.5) is 9.70 Å². The van der Waals surface area contributed by atoms with Crippen molar-refractivity contribution in [1.29, 1.82) is 5.26 Å². The Balaban J connectivity index is 2.42. The average molecular weight is 285 g/mol. The minimum atomic E-state index is -4.76.